The third-order valence-electron chi connectivity index (χ3n) is 6.08. The Morgan fingerprint density at radius 1 is 1.21 bits per heavy atom. The third kappa shape index (κ3) is 6.64. The number of benzene rings is 1. The highest BCUT2D eigenvalue weighted by Gasteiger charge is 2.30. The molecule has 0 radical (unpaired) electrons. The third-order valence-corrected chi connectivity index (χ3v) is 6.08. The van der Waals surface area contributed by atoms with Crippen molar-refractivity contribution < 1.29 is 4.79 Å². The van der Waals surface area contributed by atoms with Crippen LogP contribution >= 0.6 is 24.0 Å². The zero-order chi connectivity index (χ0) is 19.1. The van der Waals surface area contributed by atoms with E-state index < -0.39 is 0 Å². The Balaban J connectivity index is 0.00000280. The van der Waals surface area contributed by atoms with Gasteiger partial charge in [0.2, 0.25) is 5.91 Å². The Bertz CT molecular complexity index is 643. The first-order valence-corrected chi connectivity index (χ1v) is 10.3. The second-order valence-electron chi connectivity index (χ2n) is 8.47. The Kier molecular flexibility index (Phi) is 9.05. The van der Waals surface area contributed by atoms with E-state index in [0.29, 0.717) is 17.8 Å². The fourth-order valence-electron chi connectivity index (χ4n) is 4.28. The Morgan fingerprint density at radius 2 is 1.93 bits per heavy atom. The standard InChI is InChI=1S/C22H34N4O.HI/c1-22(11-6-7-12-22)17-25-21(23-2)24-15-19-14-20(27)26(16-19)13-10-18-8-4-3-5-9-18;/h3-5,8-9,19H,6-7,10-17H2,1-2H3,(H2,23,24,25);1H. The van der Waals surface area contributed by atoms with Gasteiger partial charge in [-0.1, -0.05) is 50.1 Å². The number of carbonyl (C=O) groups excluding carboxylic acids is 1. The molecule has 1 heterocycles. The summed E-state index contributed by atoms with van der Waals surface area (Å²) in [6.07, 6.45) is 6.83. The Labute approximate surface area is 186 Å². The summed E-state index contributed by atoms with van der Waals surface area (Å²) < 4.78 is 0. The molecule has 2 fully saturated rings. The van der Waals surface area contributed by atoms with Gasteiger partial charge in [0.05, 0.1) is 0 Å². The molecule has 1 amide bonds. The van der Waals surface area contributed by atoms with E-state index in [-0.39, 0.29) is 29.9 Å². The molecule has 2 N–H and O–H groups in total. The van der Waals surface area contributed by atoms with E-state index in [9.17, 15) is 4.79 Å². The number of hydrogen-bond acceptors (Lipinski definition) is 2. The molecule has 1 atom stereocenters. The van der Waals surface area contributed by atoms with E-state index in [2.05, 4.69) is 46.8 Å². The van der Waals surface area contributed by atoms with E-state index >= 15 is 0 Å². The first-order valence-electron chi connectivity index (χ1n) is 10.3. The van der Waals surface area contributed by atoms with E-state index in [0.717, 1.165) is 38.6 Å². The van der Waals surface area contributed by atoms with Crippen molar-refractivity contribution in [2.45, 2.75) is 45.4 Å². The molecule has 0 aromatic heterocycles. The normalized spacial score (nSPS) is 21.5. The van der Waals surface area contributed by atoms with Gasteiger partial charge in [0, 0.05) is 45.6 Å². The van der Waals surface area contributed by atoms with Crippen molar-refractivity contribution in [2.75, 3.05) is 33.2 Å². The molecule has 1 aliphatic heterocycles. The van der Waals surface area contributed by atoms with Gasteiger partial charge in [-0.2, -0.15) is 0 Å². The zero-order valence-corrected chi connectivity index (χ0v) is 19.6. The molecule has 1 saturated carbocycles. The van der Waals surface area contributed by atoms with Gasteiger partial charge in [0.1, 0.15) is 0 Å². The Morgan fingerprint density at radius 3 is 2.61 bits per heavy atom. The van der Waals surface area contributed by atoms with Crippen molar-refractivity contribution in [2.24, 2.45) is 16.3 Å². The number of halogens is 1. The van der Waals surface area contributed by atoms with Crippen LogP contribution in [0.5, 0.6) is 0 Å². The summed E-state index contributed by atoms with van der Waals surface area (Å²) in [6.45, 7) is 5.78. The molecule has 3 rings (SSSR count). The maximum atomic E-state index is 12.3. The minimum absolute atomic E-state index is 0. The summed E-state index contributed by atoms with van der Waals surface area (Å²) >= 11 is 0. The van der Waals surface area contributed by atoms with Gasteiger partial charge >= 0.3 is 0 Å². The van der Waals surface area contributed by atoms with Crippen molar-refractivity contribution in [3.05, 3.63) is 35.9 Å². The van der Waals surface area contributed by atoms with Crippen LogP contribution < -0.4 is 10.6 Å². The van der Waals surface area contributed by atoms with Crippen molar-refractivity contribution in [1.82, 2.24) is 15.5 Å². The fourth-order valence-corrected chi connectivity index (χ4v) is 4.28. The summed E-state index contributed by atoms with van der Waals surface area (Å²) in [4.78, 5) is 18.7. The summed E-state index contributed by atoms with van der Waals surface area (Å²) in [7, 11) is 1.82. The first kappa shape index (κ1) is 23.0. The lowest BCUT2D eigenvalue weighted by Crippen LogP contribution is -2.44. The predicted octanol–water partition coefficient (Wildman–Crippen LogP) is 3.44. The first-order chi connectivity index (χ1) is 13.1. The van der Waals surface area contributed by atoms with E-state index in [1.165, 1.54) is 31.2 Å². The average molecular weight is 498 g/mol. The molecule has 0 spiro atoms. The van der Waals surface area contributed by atoms with Gasteiger partial charge in [0.15, 0.2) is 5.96 Å². The summed E-state index contributed by atoms with van der Waals surface area (Å²) in [6, 6.07) is 10.4. The summed E-state index contributed by atoms with van der Waals surface area (Å²) in [5, 5.41) is 6.91. The molecular weight excluding hydrogens is 463 g/mol. The zero-order valence-electron chi connectivity index (χ0n) is 17.2. The molecule has 28 heavy (non-hydrogen) atoms. The minimum Gasteiger partial charge on any atom is -0.356 e. The lowest BCUT2D eigenvalue weighted by molar-refractivity contribution is -0.127. The van der Waals surface area contributed by atoms with Crippen LogP contribution in [0.1, 0.15) is 44.6 Å². The monoisotopic (exact) mass is 498 g/mol. The van der Waals surface area contributed by atoms with Crippen molar-refractivity contribution in [3.63, 3.8) is 0 Å². The van der Waals surface area contributed by atoms with Crippen molar-refractivity contribution >= 4 is 35.8 Å². The minimum atomic E-state index is 0. The maximum Gasteiger partial charge on any atom is 0.223 e. The Hall–Kier alpha value is -1.31. The van der Waals surface area contributed by atoms with Crippen LogP contribution in [0, 0.1) is 11.3 Å². The highest BCUT2D eigenvalue weighted by Crippen LogP contribution is 2.36. The summed E-state index contributed by atoms with van der Waals surface area (Å²) in [5.41, 5.74) is 1.69. The average Bonchev–Trinajstić information content (AvgIpc) is 3.27. The van der Waals surface area contributed by atoms with Crippen LogP contribution in [0.15, 0.2) is 35.3 Å². The molecule has 6 heteroatoms. The molecule has 0 bridgehead atoms. The molecule has 1 aromatic carbocycles. The lowest BCUT2D eigenvalue weighted by Gasteiger charge is -2.25. The van der Waals surface area contributed by atoms with Crippen LogP contribution in [0.2, 0.25) is 0 Å². The van der Waals surface area contributed by atoms with Crippen LogP contribution in [0.25, 0.3) is 0 Å². The van der Waals surface area contributed by atoms with Crippen molar-refractivity contribution in [1.29, 1.82) is 0 Å². The molecule has 5 nitrogen and oxygen atoms in total. The number of likely N-dealkylation sites (tertiary alicyclic amines) is 1. The van der Waals surface area contributed by atoms with Gasteiger partial charge in [-0.05, 0) is 30.2 Å². The van der Waals surface area contributed by atoms with Crippen LogP contribution in [-0.2, 0) is 11.2 Å². The molecule has 1 aromatic rings. The quantitative estimate of drug-likeness (QED) is 0.344. The number of hydrogen-bond donors (Lipinski definition) is 2. The molecule has 1 unspecified atom stereocenters. The SMILES string of the molecule is CN=C(NCC1CC(=O)N(CCc2ccccc2)C1)NCC1(C)CCCC1.I. The number of nitrogens with zero attached hydrogens (tertiary/aromatic N) is 2. The maximum absolute atomic E-state index is 12.3. The largest absolute Gasteiger partial charge is 0.356 e. The van der Waals surface area contributed by atoms with Crippen molar-refractivity contribution in [3.8, 4) is 0 Å². The molecular formula is C22H35IN4O. The molecule has 1 aliphatic carbocycles. The number of amides is 1. The number of rotatable bonds is 7. The lowest BCUT2D eigenvalue weighted by atomic mass is 9.89. The van der Waals surface area contributed by atoms with Gasteiger partial charge < -0.3 is 15.5 Å². The second kappa shape index (κ2) is 11.0. The molecule has 1 saturated heterocycles. The van der Waals surface area contributed by atoms with Crippen LogP contribution in [0.3, 0.4) is 0 Å². The van der Waals surface area contributed by atoms with Crippen LogP contribution in [-0.4, -0.2) is 50.0 Å². The smallest absolute Gasteiger partial charge is 0.223 e. The van der Waals surface area contributed by atoms with Gasteiger partial charge in [-0.3, -0.25) is 9.79 Å². The molecule has 2 aliphatic rings. The topological polar surface area (TPSA) is 56.7 Å². The van der Waals surface area contributed by atoms with Gasteiger partial charge in [0.25, 0.3) is 0 Å². The van der Waals surface area contributed by atoms with E-state index in [1.807, 2.05) is 18.0 Å². The summed E-state index contributed by atoms with van der Waals surface area (Å²) in [5.74, 6) is 1.49. The van der Waals surface area contributed by atoms with Crippen LogP contribution in [0.4, 0.5) is 0 Å². The predicted molar refractivity (Wildman–Crippen MR) is 126 cm³/mol. The van der Waals surface area contributed by atoms with E-state index in [1.54, 1.807) is 0 Å². The number of carbonyl (C=O) groups is 1. The number of guanidine groups is 1. The highest BCUT2D eigenvalue weighted by atomic mass is 127. The number of nitrogens with one attached hydrogen (secondary N) is 2. The van der Waals surface area contributed by atoms with E-state index in [4.69, 9.17) is 0 Å². The highest BCUT2D eigenvalue weighted by molar-refractivity contribution is 14.0. The molecule has 156 valence electrons. The number of aliphatic imine (C=N–C) groups is 1. The van der Waals surface area contributed by atoms with Gasteiger partial charge in [-0.15, -0.1) is 24.0 Å². The second-order valence-corrected chi connectivity index (χ2v) is 8.47. The van der Waals surface area contributed by atoms with Gasteiger partial charge in [-0.25, -0.2) is 0 Å². The fraction of sp³-hybridized carbons (Fsp3) is 0.636.